The molecular formula is C28H28N2O5. The monoisotopic (exact) mass is 472 g/mol. The van der Waals surface area contributed by atoms with Crippen molar-refractivity contribution in [3.8, 4) is 5.75 Å². The van der Waals surface area contributed by atoms with Gasteiger partial charge in [0.25, 0.3) is 0 Å². The van der Waals surface area contributed by atoms with E-state index in [9.17, 15) is 19.2 Å². The van der Waals surface area contributed by atoms with Crippen LogP contribution in [0, 0.1) is 31.6 Å². The van der Waals surface area contributed by atoms with Crippen molar-refractivity contribution in [2.45, 2.75) is 40.0 Å². The van der Waals surface area contributed by atoms with Crippen molar-refractivity contribution in [3.05, 3.63) is 65.2 Å². The van der Waals surface area contributed by atoms with E-state index in [2.05, 4.69) is 0 Å². The fourth-order valence-electron chi connectivity index (χ4n) is 5.26. The Bertz CT molecular complexity index is 1260. The van der Waals surface area contributed by atoms with Gasteiger partial charge in [0.15, 0.2) is 0 Å². The molecule has 2 saturated heterocycles. The van der Waals surface area contributed by atoms with Gasteiger partial charge in [0.2, 0.25) is 17.7 Å². The molecule has 2 aromatic rings. The Hall–Kier alpha value is -3.74. The molecule has 0 spiro atoms. The lowest BCUT2D eigenvalue weighted by Crippen LogP contribution is -2.30. The van der Waals surface area contributed by atoms with Gasteiger partial charge in [-0.2, -0.15) is 0 Å². The molecule has 2 aliphatic heterocycles. The number of imide groups is 1. The molecule has 7 nitrogen and oxygen atoms in total. The van der Waals surface area contributed by atoms with Crippen molar-refractivity contribution in [2.24, 2.45) is 17.8 Å². The van der Waals surface area contributed by atoms with Crippen molar-refractivity contribution in [3.63, 3.8) is 0 Å². The summed E-state index contributed by atoms with van der Waals surface area (Å²) in [5, 5.41) is 0. The van der Waals surface area contributed by atoms with Gasteiger partial charge in [0.05, 0.1) is 23.4 Å². The van der Waals surface area contributed by atoms with Gasteiger partial charge in [-0.3, -0.25) is 24.1 Å². The number of hydrogen-bond donors (Lipinski definition) is 0. The Kier molecular flexibility index (Phi) is 5.79. The summed E-state index contributed by atoms with van der Waals surface area (Å²) in [6, 6.07) is 12.3. The fourth-order valence-corrected chi connectivity index (χ4v) is 5.26. The number of aryl methyl sites for hydroxylation is 2. The Morgan fingerprint density at radius 3 is 2.37 bits per heavy atom. The van der Waals surface area contributed by atoms with Crippen LogP contribution < -0.4 is 14.5 Å². The molecule has 0 aromatic heterocycles. The number of esters is 1. The van der Waals surface area contributed by atoms with Crippen LogP contribution >= 0.6 is 0 Å². The van der Waals surface area contributed by atoms with E-state index in [1.165, 1.54) is 4.90 Å². The van der Waals surface area contributed by atoms with Crippen LogP contribution in [0.4, 0.5) is 11.4 Å². The van der Waals surface area contributed by atoms with E-state index in [4.69, 9.17) is 4.74 Å². The molecule has 2 fully saturated rings. The normalized spacial score (nSPS) is 24.0. The molecule has 0 N–H and O–H groups in total. The first-order valence-electron chi connectivity index (χ1n) is 12.0. The Morgan fingerprint density at radius 1 is 0.914 bits per heavy atom. The van der Waals surface area contributed by atoms with Gasteiger partial charge >= 0.3 is 5.97 Å². The van der Waals surface area contributed by atoms with Crippen LogP contribution in [0.1, 0.15) is 37.3 Å². The van der Waals surface area contributed by atoms with Crippen molar-refractivity contribution in [2.75, 3.05) is 16.3 Å². The van der Waals surface area contributed by atoms with Crippen LogP contribution in [0.15, 0.2) is 54.1 Å². The number of allylic oxidation sites excluding steroid dienone is 2. The lowest BCUT2D eigenvalue weighted by molar-refractivity contribution is -0.139. The van der Waals surface area contributed by atoms with Crippen LogP contribution in [0.5, 0.6) is 5.75 Å². The summed E-state index contributed by atoms with van der Waals surface area (Å²) in [5.41, 5.74) is 4.46. The van der Waals surface area contributed by atoms with Gasteiger partial charge in [0.1, 0.15) is 5.75 Å². The highest BCUT2D eigenvalue weighted by Crippen LogP contribution is 2.40. The standard InChI is InChI=1S/C28H28N2O5/c1-16-5-11-22-23(12-16)27(33)30(26(22)32)20-7-9-21(10-8-20)35-28(34)19-14-25(31)29(15-19)24-13-17(2)4-6-18(24)3/h4-10,13,19,22-23H,11-12,14-15H2,1-3H3/t19-,22-,23-/m0/s1. The minimum absolute atomic E-state index is 0.0946. The minimum atomic E-state index is -0.567. The summed E-state index contributed by atoms with van der Waals surface area (Å²) in [6.07, 6.45) is 3.33. The number of ether oxygens (including phenoxy) is 1. The summed E-state index contributed by atoms with van der Waals surface area (Å²) < 4.78 is 5.55. The van der Waals surface area contributed by atoms with E-state index in [1.807, 2.05) is 45.0 Å². The second-order valence-corrected chi connectivity index (χ2v) is 9.83. The number of carbonyl (C=O) groups excluding carboxylic acids is 4. The predicted octanol–water partition coefficient (Wildman–Crippen LogP) is 4.11. The molecule has 0 bridgehead atoms. The quantitative estimate of drug-likeness (QED) is 0.289. The van der Waals surface area contributed by atoms with Crippen LogP contribution in [-0.2, 0) is 19.2 Å². The summed E-state index contributed by atoms with van der Waals surface area (Å²) in [5.74, 6) is -1.78. The molecule has 1 aliphatic carbocycles. The zero-order valence-corrected chi connectivity index (χ0v) is 20.1. The number of amides is 3. The SMILES string of the molecule is CC1=CC[C@@H]2C(=O)N(c3ccc(OC(=O)[C@H]4CC(=O)N(c5cc(C)ccc5C)C4)cc3)C(=O)[C@H]2C1. The third kappa shape index (κ3) is 4.16. The second-order valence-electron chi connectivity index (χ2n) is 9.83. The van der Waals surface area contributed by atoms with Gasteiger partial charge in [-0.15, -0.1) is 0 Å². The number of fused-ring (bicyclic) bond motifs is 1. The lowest BCUT2D eigenvalue weighted by atomic mass is 9.82. The maximum atomic E-state index is 12.9. The van der Waals surface area contributed by atoms with Crippen LogP contribution in [0.25, 0.3) is 0 Å². The van der Waals surface area contributed by atoms with Crippen LogP contribution in [0.3, 0.4) is 0 Å². The largest absolute Gasteiger partial charge is 0.426 e. The Balaban J connectivity index is 1.25. The van der Waals surface area contributed by atoms with Crippen LogP contribution in [-0.4, -0.2) is 30.2 Å². The number of benzene rings is 2. The van der Waals surface area contributed by atoms with E-state index in [-0.39, 0.29) is 42.5 Å². The summed E-state index contributed by atoms with van der Waals surface area (Å²) in [6.45, 7) is 6.16. The van der Waals surface area contributed by atoms with Gasteiger partial charge in [-0.05, 0) is 75.1 Å². The smallest absolute Gasteiger partial charge is 0.316 e. The fraction of sp³-hybridized carbons (Fsp3) is 0.357. The summed E-state index contributed by atoms with van der Waals surface area (Å²) in [7, 11) is 0. The Labute approximate surface area is 204 Å². The lowest BCUT2D eigenvalue weighted by Gasteiger charge is -2.19. The zero-order chi connectivity index (χ0) is 24.9. The van der Waals surface area contributed by atoms with Crippen LogP contribution in [0.2, 0.25) is 0 Å². The van der Waals surface area contributed by atoms with Crippen molar-refractivity contribution in [1.29, 1.82) is 0 Å². The molecule has 5 rings (SSSR count). The minimum Gasteiger partial charge on any atom is -0.426 e. The van der Waals surface area contributed by atoms with E-state index in [0.717, 1.165) is 22.4 Å². The predicted molar refractivity (Wildman–Crippen MR) is 131 cm³/mol. The average Bonchev–Trinajstić information content (AvgIpc) is 3.33. The molecule has 3 atom stereocenters. The first-order chi connectivity index (χ1) is 16.7. The molecule has 0 saturated carbocycles. The molecule has 0 radical (unpaired) electrons. The molecule has 0 unspecified atom stereocenters. The molecular weight excluding hydrogens is 444 g/mol. The maximum absolute atomic E-state index is 12.9. The third-order valence-electron chi connectivity index (χ3n) is 7.25. The highest BCUT2D eigenvalue weighted by atomic mass is 16.5. The number of carbonyl (C=O) groups is 4. The van der Waals surface area contributed by atoms with Crippen molar-refractivity contribution < 1.29 is 23.9 Å². The first kappa shape index (κ1) is 23.0. The molecule has 2 heterocycles. The highest BCUT2D eigenvalue weighted by molar-refractivity contribution is 6.22. The van der Waals surface area contributed by atoms with E-state index in [0.29, 0.717) is 24.3 Å². The Morgan fingerprint density at radius 2 is 1.63 bits per heavy atom. The van der Waals surface area contributed by atoms with Gasteiger partial charge < -0.3 is 9.64 Å². The maximum Gasteiger partial charge on any atom is 0.316 e. The van der Waals surface area contributed by atoms with Gasteiger partial charge in [-0.25, -0.2) is 0 Å². The number of anilines is 2. The molecule has 7 heteroatoms. The molecule has 35 heavy (non-hydrogen) atoms. The molecule has 2 aromatic carbocycles. The molecule has 180 valence electrons. The summed E-state index contributed by atoms with van der Waals surface area (Å²) in [4.78, 5) is 54.1. The zero-order valence-electron chi connectivity index (χ0n) is 20.1. The van der Waals surface area contributed by atoms with E-state index < -0.39 is 11.9 Å². The van der Waals surface area contributed by atoms with Crippen molar-refractivity contribution in [1.82, 2.24) is 0 Å². The van der Waals surface area contributed by atoms with Gasteiger partial charge in [-0.1, -0.05) is 23.8 Å². The number of hydrogen-bond acceptors (Lipinski definition) is 5. The molecule has 3 amide bonds. The highest BCUT2D eigenvalue weighted by Gasteiger charge is 2.48. The average molecular weight is 473 g/mol. The van der Waals surface area contributed by atoms with E-state index >= 15 is 0 Å². The van der Waals surface area contributed by atoms with E-state index in [1.54, 1.807) is 29.2 Å². The summed E-state index contributed by atoms with van der Waals surface area (Å²) >= 11 is 0. The third-order valence-corrected chi connectivity index (χ3v) is 7.25. The second kappa shape index (κ2) is 8.80. The number of rotatable bonds is 4. The first-order valence-corrected chi connectivity index (χ1v) is 12.0. The molecule has 3 aliphatic rings. The van der Waals surface area contributed by atoms with Crippen molar-refractivity contribution >= 4 is 35.1 Å². The topological polar surface area (TPSA) is 84.0 Å². The number of nitrogens with zero attached hydrogens (tertiary/aromatic N) is 2. The van der Waals surface area contributed by atoms with Gasteiger partial charge in [0, 0.05) is 18.7 Å².